The lowest BCUT2D eigenvalue weighted by Crippen LogP contribution is -2.33. The summed E-state index contributed by atoms with van der Waals surface area (Å²) in [6, 6.07) is 12.0. The first-order chi connectivity index (χ1) is 14.3. The molecular weight excluding hydrogens is 436 g/mol. The highest BCUT2D eigenvalue weighted by Gasteiger charge is 2.43. The Bertz CT molecular complexity index is 1110. The second-order valence-electron chi connectivity index (χ2n) is 8.30. The van der Waals surface area contributed by atoms with Gasteiger partial charge in [0.15, 0.2) is 5.78 Å². The van der Waals surface area contributed by atoms with Gasteiger partial charge in [-0.3, -0.25) is 4.79 Å². The van der Waals surface area contributed by atoms with Gasteiger partial charge < -0.3 is 10.5 Å². The number of thioether (sulfide) groups is 1. The van der Waals surface area contributed by atoms with Crippen molar-refractivity contribution < 1.29 is 9.53 Å². The number of ketones is 1. The van der Waals surface area contributed by atoms with Crippen LogP contribution in [0.4, 0.5) is 0 Å². The van der Waals surface area contributed by atoms with E-state index in [1.54, 1.807) is 23.1 Å². The standard InChI is InChI=1S/C23H21ClN2O2S2/c1-23(2)8-17(27)21-18(9-23)28-22(26)16(10-25)20(21)19-7-13(12-30-19)11-29-15-5-3-14(24)4-6-15/h3-7,12,20H,8-9,11,26H2,1-2H3/t20-/m0/s1. The van der Waals surface area contributed by atoms with Crippen LogP contribution in [0.3, 0.4) is 0 Å². The van der Waals surface area contributed by atoms with Gasteiger partial charge in [0.05, 0.1) is 5.92 Å². The zero-order valence-electron chi connectivity index (χ0n) is 16.7. The summed E-state index contributed by atoms with van der Waals surface area (Å²) in [5.74, 6) is 1.11. The van der Waals surface area contributed by atoms with Crippen LogP contribution in [-0.4, -0.2) is 5.78 Å². The van der Waals surface area contributed by atoms with Gasteiger partial charge in [-0.05, 0) is 46.7 Å². The maximum absolute atomic E-state index is 13.0. The number of nitriles is 1. The highest BCUT2D eigenvalue weighted by Crippen LogP contribution is 2.49. The smallest absolute Gasteiger partial charge is 0.205 e. The number of carbonyl (C=O) groups is 1. The molecule has 2 aliphatic rings. The number of thiophene rings is 1. The number of Topliss-reactive ketones (excluding diaryl/α,β-unsaturated/α-hetero) is 1. The molecule has 7 heteroatoms. The van der Waals surface area contributed by atoms with Gasteiger partial charge in [0.25, 0.3) is 0 Å². The lowest BCUT2D eigenvalue weighted by molar-refractivity contribution is -0.119. The first-order valence-electron chi connectivity index (χ1n) is 9.57. The molecule has 2 N–H and O–H groups in total. The summed E-state index contributed by atoms with van der Waals surface area (Å²) in [6.45, 7) is 4.09. The van der Waals surface area contributed by atoms with Crippen molar-refractivity contribution in [1.82, 2.24) is 0 Å². The minimum atomic E-state index is -0.443. The van der Waals surface area contributed by atoms with Crippen molar-refractivity contribution in [2.45, 2.75) is 43.3 Å². The zero-order chi connectivity index (χ0) is 21.5. The van der Waals surface area contributed by atoms with Crippen LogP contribution in [0.25, 0.3) is 0 Å². The molecule has 2 aromatic rings. The number of carbonyl (C=O) groups excluding carboxylic acids is 1. The maximum atomic E-state index is 13.0. The van der Waals surface area contributed by atoms with Gasteiger partial charge in [0.2, 0.25) is 5.88 Å². The molecule has 1 aromatic heterocycles. The number of halogens is 1. The Morgan fingerprint density at radius 1 is 1.33 bits per heavy atom. The van der Waals surface area contributed by atoms with Crippen molar-refractivity contribution in [3.8, 4) is 6.07 Å². The van der Waals surface area contributed by atoms with Crippen LogP contribution >= 0.6 is 34.7 Å². The SMILES string of the molecule is CC1(C)CC(=O)C2=C(C1)OC(N)=C(C#N)[C@H]2c1cc(CSc2ccc(Cl)cc2)cs1. The van der Waals surface area contributed by atoms with E-state index in [4.69, 9.17) is 22.1 Å². The van der Waals surface area contributed by atoms with Crippen molar-refractivity contribution in [3.63, 3.8) is 0 Å². The predicted octanol–water partition coefficient (Wildman–Crippen LogP) is 6.14. The second-order valence-corrected chi connectivity index (χ2v) is 10.7. The lowest BCUT2D eigenvalue weighted by atomic mass is 9.71. The number of hydrogen-bond donors (Lipinski definition) is 1. The molecule has 30 heavy (non-hydrogen) atoms. The average Bonchev–Trinajstić information content (AvgIpc) is 3.14. The van der Waals surface area contributed by atoms with Crippen LogP contribution in [0.1, 0.15) is 43.0 Å². The molecule has 4 rings (SSSR count). The molecule has 2 heterocycles. The Balaban J connectivity index is 1.63. The molecule has 0 saturated heterocycles. The van der Waals surface area contributed by atoms with Crippen LogP contribution in [0, 0.1) is 16.7 Å². The summed E-state index contributed by atoms with van der Waals surface area (Å²) in [5, 5.41) is 12.5. The van der Waals surface area contributed by atoms with Gasteiger partial charge in [0, 0.05) is 39.0 Å². The van der Waals surface area contributed by atoms with Gasteiger partial charge in [0.1, 0.15) is 17.4 Å². The Labute approximate surface area is 189 Å². The number of benzene rings is 1. The third kappa shape index (κ3) is 4.15. The molecular formula is C23H21ClN2O2S2. The molecule has 0 fully saturated rings. The third-order valence-electron chi connectivity index (χ3n) is 5.25. The van der Waals surface area contributed by atoms with Crippen molar-refractivity contribution >= 4 is 40.5 Å². The molecule has 1 aliphatic carbocycles. The molecule has 154 valence electrons. The molecule has 0 amide bonds. The molecule has 0 saturated carbocycles. The number of ether oxygens (including phenoxy) is 1. The summed E-state index contributed by atoms with van der Waals surface area (Å²) in [6.07, 6.45) is 1.07. The monoisotopic (exact) mass is 456 g/mol. The first-order valence-corrected chi connectivity index (χ1v) is 11.8. The van der Waals surface area contributed by atoms with Crippen molar-refractivity contribution in [2.75, 3.05) is 0 Å². The Hall–Kier alpha value is -2.20. The van der Waals surface area contributed by atoms with Crippen LogP contribution < -0.4 is 5.73 Å². The zero-order valence-corrected chi connectivity index (χ0v) is 19.1. The second kappa shape index (κ2) is 8.14. The molecule has 0 radical (unpaired) electrons. The van der Waals surface area contributed by atoms with E-state index in [-0.39, 0.29) is 17.1 Å². The number of nitrogens with zero attached hydrogens (tertiary/aromatic N) is 1. The largest absolute Gasteiger partial charge is 0.444 e. The molecule has 4 nitrogen and oxygen atoms in total. The van der Waals surface area contributed by atoms with E-state index in [0.717, 1.165) is 26.1 Å². The minimum absolute atomic E-state index is 0.0389. The highest BCUT2D eigenvalue weighted by atomic mass is 35.5. The maximum Gasteiger partial charge on any atom is 0.205 e. The summed E-state index contributed by atoms with van der Waals surface area (Å²) in [5.41, 5.74) is 7.97. The Kier molecular flexibility index (Phi) is 5.71. The van der Waals surface area contributed by atoms with E-state index in [9.17, 15) is 10.1 Å². The molecule has 1 aromatic carbocycles. The summed E-state index contributed by atoms with van der Waals surface area (Å²) < 4.78 is 5.76. The summed E-state index contributed by atoms with van der Waals surface area (Å²) >= 11 is 9.22. The third-order valence-corrected chi connectivity index (χ3v) is 7.63. The van der Waals surface area contributed by atoms with E-state index in [1.807, 2.05) is 38.1 Å². The van der Waals surface area contributed by atoms with Crippen LogP contribution in [0.5, 0.6) is 0 Å². The summed E-state index contributed by atoms with van der Waals surface area (Å²) in [7, 11) is 0. The molecule has 0 bridgehead atoms. The highest BCUT2D eigenvalue weighted by molar-refractivity contribution is 7.98. The van der Waals surface area contributed by atoms with Gasteiger partial charge in [-0.2, -0.15) is 5.26 Å². The van der Waals surface area contributed by atoms with Crippen molar-refractivity contribution in [2.24, 2.45) is 11.1 Å². The average molecular weight is 457 g/mol. The van der Waals surface area contributed by atoms with Crippen molar-refractivity contribution in [3.05, 3.63) is 74.0 Å². The minimum Gasteiger partial charge on any atom is -0.444 e. The van der Waals surface area contributed by atoms with Crippen LogP contribution in [-0.2, 0) is 15.3 Å². The number of allylic oxidation sites excluding steroid dienone is 3. The molecule has 1 atom stereocenters. The molecule has 1 aliphatic heterocycles. The topological polar surface area (TPSA) is 76.1 Å². The molecule has 0 spiro atoms. The molecule has 0 unspecified atom stereocenters. The fraction of sp³-hybridized carbons (Fsp3) is 0.304. The first kappa shape index (κ1) is 21.0. The van der Waals surface area contributed by atoms with E-state index in [0.29, 0.717) is 29.7 Å². The van der Waals surface area contributed by atoms with E-state index < -0.39 is 5.92 Å². The Morgan fingerprint density at radius 2 is 2.07 bits per heavy atom. The van der Waals surface area contributed by atoms with E-state index >= 15 is 0 Å². The van der Waals surface area contributed by atoms with Crippen LogP contribution in [0.15, 0.2) is 63.4 Å². The fourth-order valence-electron chi connectivity index (χ4n) is 3.89. The van der Waals surface area contributed by atoms with Gasteiger partial charge in [-0.15, -0.1) is 23.1 Å². The number of hydrogen-bond acceptors (Lipinski definition) is 6. The number of nitrogens with two attached hydrogens (primary N) is 1. The Morgan fingerprint density at radius 3 is 2.77 bits per heavy atom. The van der Waals surface area contributed by atoms with E-state index in [1.165, 1.54) is 0 Å². The quantitative estimate of drug-likeness (QED) is 0.558. The van der Waals surface area contributed by atoms with Gasteiger partial charge in [-0.25, -0.2) is 0 Å². The van der Waals surface area contributed by atoms with Crippen molar-refractivity contribution in [1.29, 1.82) is 5.26 Å². The van der Waals surface area contributed by atoms with Crippen LogP contribution in [0.2, 0.25) is 5.02 Å². The number of rotatable bonds is 4. The van der Waals surface area contributed by atoms with Gasteiger partial charge >= 0.3 is 0 Å². The van der Waals surface area contributed by atoms with Gasteiger partial charge in [-0.1, -0.05) is 25.4 Å². The predicted molar refractivity (Wildman–Crippen MR) is 121 cm³/mol. The fourth-order valence-corrected chi connectivity index (χ4v) is 5.98. The van der Waals surface area contributed by atoms with E-state index in [2.05, 4.69) is 17.5 Å². The lowest BCUT2D eigenvalue weighted by Gasteiger charge is -2.36. The summed E-state index contributed by atoms with van der Waals surface area (Å²) in [4.78, 5) is 15.1. The normalized spacial score (nSPS) is 20.6.